The summed E-state index contributed by atoms with van der Waals surface area (Å²) in [5.41, 5.74) is -0.849. The van der Waals surface area contributed by atoms with Gasteiger partial charge in [0, 0.05) is 42.9 Å². The molecule has 44 heavy (non-hydrogen) atoms. The zero-order valence-corrected chi connectivity index (χ0v) is 25.5. The lowest BCUT2D eigenvalue weighted by molar-refractivity contribution is -0.139. The first-order chi connectivity index (χ1) is 20.9. The number of rotatable bonds is 23. The highest BCUT2D eigenvalue weighted by atomic mass is 32.2. The second-order valence-corrected chi connectivity index (χ2v) is 11.0. The third-order valence-electron chi connectivity index (χ3n) is 7.00. The third-order valence-corrected chi connectivity index (χ3v) is 7.44. The minimum absolute atomic E-state index is 0.106. The van der Waals surface area contributed by atoms with Crippen molar-refractivity contribution in [1.82, 2.24) is 19.8 Å². The van der Waals surface area contributed by atoms with Crippen molar-refractivity contribution >= 4 is 40.4 Å². The van der Waals surface area contributed by atoms with Crippen LogP contribution >= 0.6 is 0 Å². The number of carbonyl (C=O) groups excluding carboxylic acids is 1. The molecule has 2 aromatic rings. The summed E-state index contributed by atoms with van der Waals surface area (Å²) in [6.45, 7) is 4.23. The Kier molecular flexibility index (Phi) is 15.1. The number of nitrogens with zero attached hydrogens (tertiary/aromatic N) is 3. The largest absolute Gasteiger partial charge is 0.494 e. The molecule has 0 unspecified atom stereocenters. The number of thiol groups is 1. The van der Waals surface area contributed by atoms with Gasteiger partial charge in [0.2, 0.25) is 16.8 Å². The lowest BCUT2D eigenvalue weighted by Crippen LogP contribution is -2.50. The molecule has 1 aromatic carbocycles. The van der Waals surface area contributed by atoms with E-state index in [9.17, 15) is 42.9 Å². The fourth-order valence-electron chi connectivity index (χ4n) is 4.63. The quantitative estimate of drug-likeness (QED) is 0.0760. The molecule has 0 saturated heterocycles. The van der Waals surface area contributed by atoms with Crippen LogP contribution in [0.25, 0.3) is 0 Å². The monoisotopic (exact) mass is 639 g/mol. The number of carboxylic acids is 3. The van der Waals surface area contributed by atoms with E-state index in [1.54, 1.807) is 41.2 Å². The van der Waals surface area contributed by atoms with Crippen molar-refractivity contribution in [3.8, 4) is 5.75 Å². The Labute approximate surface area is 257 Å². The number of hydrogen-bond donors (Lipinski definition) is 6. The molecular formula is C28H41N5O10S. The van der Waals surface area contributed by atoms with Crippen molar-refractivity contribution in [3.05, 3.63) is 42.5 Å². The number of hydrogen-bond acceptors (Lipinski definition) is 9. The molecule has 0 fully saturated rings. The van der Waals surface area contributed by atoms with Gasteiger partial charge in [0.15, 0.2) is 0 Å². The van der Waals surface area contributed by atoms with Crippen LogP contribution in [0.1, 0.15) is 64.1 Å². The zero-order chi connectivity index (χ0) is 32.5. The van der Waals surface area contributed by atoms with Gasteiger partial charge in [0.1, 0.15) is 18.1 Å². The summed E-state index contributed by atoms with van der Waals surface area (Å²) in [5, 5.41) is 30.4. The molecule has 16 heteroatoms. The predicted molar refractivity (Wildman–Crippen MR) is 160 cm³/mol. The van der Waals surface area contributed by atoms with Gasteiger partial charge >= 0.3 is 17.9 Å². The lowest BCUT2D eigenvalue weighted by Gasteiger charge is -2.34. The molecule has 0 bridgehead atoms. The van der Waals surface area contributed by atoms with E-state index in [0.29, 0.717) is 30.4 Å². The second kappa shape index (κ2) is 18.5. The van der Waals surface area contributed by atoms with Crippen molar-refractivity contribution in [2.45, 2.75) is 76.9 Å². The maximum absolute atomic E-state index is 13.1. The van der Waals surface area contributed by atoms with Gasteiger partial charge in [-0.05, 0) is 69.5 Å². The van der Waals surface area contributed by atoms with E-state index < -0.39 is 40.2 Å². The van der Waals surface area contributed by atoms with Crippen molar-refractivity contribution in [2.75, 3.05) is 24.4 Å². The summed E-state index contributed by atoms with van der Waals surface area (Å²) in [6.07, 6.45) is 3.40. The van der Waals surface area contributed by atoms with Gasteiger partial charge in [-0.2, -0.15) is 0 Å². The van der Waals surface area contributed by atoms with E-state index in [1.165, 1.54) is 0 Å². The average molecular weight is 640 g/mol. The fraction of sp³-hybridized carbons (Fsp3) is 0.536. The van der Waals surface area contributed by atoms with E-state index in [1.807, 2.05) is 6.92 Å². The Balaban J connectivity index is 1.94. The normalized spacial score (nSPS) is 11.4. The molecule has 1 aromatic heterocycles. The van der Waals surface area contributed by atoms with Crippen LogP contribution in [-0.4, -0.2) is 87.2 Å². The predicted octanol–water partition coefficient (Wildman–Crippen LogP) is 1.95. The van der Waals surface area contributed by atoms with Gasteiger partial charge in [-0.15, -0.1) is 0 Å². The lowest BCUT2D eigenvalue weighted by atomic mass is 9.83. The molecule has 1 amide bonds. The summed E-state index contributed by atoms with van der Waals surface area (Å²) in [6, 6.07) is 6.60. The minimum atomic E-state index is -2.72. The highest BCUT2D eigenvalue weighted by Crippen LogP contribution is 2.26. The first-order valence-electron chi connectivity index (χ1n) is 14.2. The maximum Gasteiger partial charge on any atom is 0.303 e. The topological polar surface area (TPSA) is 217 Å². The Morgan fingerprint density at radius 1 is 0.955 bits per heavy atom. The first-order valence-corrected chi connectivity index (χ1v) is 15.4. The standard InChI is InChI=1S/C28H41N5O10S/c1-2-32(16-3-4-18-43-22-7-5-21(6-8-22)31-44(41)42)19-23-29-15-17-33(23)20-24(34)30-28(12-9-25(35)36,13-10-26(37)38)14-11-27(39)40/h5-8,15,17,44H,2-4,9-14,16,18-20H2,1H3,(H,30,34)(H,35,36)(H,37,38)(H,39,40)(H,31,41,42). The number of carboxylic acid groups (broad SMARTS) is 3. The fourth-order valence-corrected chi connectivity index (χ4v) is 4.99. The zero-order valence-electron chi connectivity index (χ0n) is 24.6. The number of carbonyl (C=O) groups is 4. The highest BCUT2D eigenvalue weighted by Gasteiger charge is 2.33. The van der Waals surface area contributed by atoms with Gasteiger partial charge in [-0.1, -0.05) is 6.92 Å². The highest BCUT2D eigenvalue weighted by molar-refractivity contribution is 7.73. The summed E-state index contributed by atoms with van der Waals surface area (Å²) in [4.78, 5) is 53.5. The molecule has 0 aliphatic carbocycles. The van der Waals surface area contributed by atoms with Gasteiger partial charge in [-0.3, -0.25) is 28.8 Å². The second-order valence-electron chi connectivity index (χ2n) is 10.3. The minimum Gasteiger partial charge on any atom is -0.494 e. The molecule has 0 atom stereocenters. The van der Waals surface area contributed by atoms with Crippen LogP contribution in [-0.2, 0) is 43.2 Å². The molecule has 0 saturated carbocycles. The van der Waals surface area contributed by atoms with Gasteiger partial charge in [0.05, 0.1) is 13.2 Å². The summed E-state index contributed by atoms with van der Waals surface area (Å²) < 4.78 is 31.1. The molecule has 244 valence electrons. The Hall–Kier alpha value is -4.18. The molecular weight excluding hydrogens is 598 g/mol. The maximum atomic E-state index is 13.1. The van der Waals surface area contributed by atoms with Gasteiger partial charge in [0.25, 0.3) is 0 Å². The van der Waals surface area contributed by atoms with E-state index in [-0.39, 0.29) is 45.1 Å². The van der Waals surface area contributed by atoms with E-state index in [2.05, 4.69) is 19.9 Å². The summed E-state index contributed by atoms with van der Waals surface area (Å²) in [5.74, 6) is -2.67. The summed E-state index contributed by atoms with van der Waals surface area (Å²) >= 11 is 0. The van der Waals surface area contributed by atoms with Crippen molar-refractivity contribution in [3.63, 3.8) is 0 Å². The van der Waals surface area contributed by atoms with Crippen LogP contribution < -0.4 is 14.8 Å². The molecule has 0 aliphatic heterocycles. The summed E-state index contributed by atoms with van der Waals surface area (Å²) in [7, 11) is -2.72. The Morgan fingerprint density at radius 2 is 1.55 bits per heavy atom. The Morgan fingerprint density at radius 3 is 2.07 bits per heavy atom. The van der Waals surface area contributed by atoms with Gasteiger partial charge in [-0.25, -0.2) is 13.4 Å². The van der Waals surface area contributed by atoms with E-state index in [0.717, 1.165) is 25.9 Å². The number of unbranched alkanes of at least 4 members (excludes halogenated alkanes) is 1. The van der Waals surface area contributed by atoms with Crippen LogP contribution in [0, 0.1) is 0 Å². The van der Waals surface area contributed by atoms with Crippen LogP contribution in [0.5, 0.6) is 5.75 Å². The number of aliphatic carboxylic acids is 3. The van der Waals surface area contributed by atoms with Crippen LogP contribution in [0.15, 0.2) is 36.7 Å². The van der Waals surface area contributed by atoms with Crippen molar-refractivity contribution in [1.29, 1.82) is 0 Å². The van der Waals surface area contributed by atoms with Crippen LogP contribution in [0.4, 0.5) is 5.69 Å². The number of nitrogens with one attached hydrogen (secondary N) is 2. The van der Waals surface area contributed by atoms with Crippen LogP contribution in [0.3, 0.4) is 0 Å². The SMILES string of the molecule is CCN(CCCCOc1ccc(N[SH](=O)=O)cc1)Cc1nccn1CC(=O)NC(CCC(=O)O)(CCC(=O)O)CCC(=O)O. The molecule has 1 heterocycles. The van der Waals surface area contributed by atoms with Crippen molar-refractivity contribution < 1.29 is 47.7 Å². The number of imidazole rings is 1. The first kappa shape index (κ1) is 36.0. The van der Waals surface area contributed by atoms with Gasteiger partial charge < -0.3 is 29.9 Å². The van der Waals surface area contributed by atoms with Crippen LogP contribution in [0.2, 0.25) is 0 Å². The molecule has 5 N–H and O–H groups in total. The number of amides is 1. The Bertz CT molecular complexity index is 1260. The smallest absolute Gasteiger partial charge is 0.303 e. The molecule has 0 aliphatic rings. The van der Waals surface area contributed by atoms with E-state index in [4.69, 9.17) is 4.74 Å². The number of benzene rings is 1. The van der Waals surface area contributed by atoms with E-state index >= 15 is 0 Å². The molecule has 0 spiro atoms. The molecule has 15 nitrogen and oxygen atoms in total. The number of ether oxygens (including phenoxy) is 1. The number of anilines is 1. The average Bonchev–Trinajstić information content (AvgIpc) is 3.39. The van der Waals surface area contributed by atoms with Crippen molar-refractivity contribution in [2.24, 2.45) is 0 Å². The molecule has 0 radical (unpaired) electrons. The number of aromatic nitrogens is 2. The third kappa shape index (κ3) is 13.9. The molecule has 2 rings (SSSR count).